The number of nitrogens with one attached hydrogen (secondary N) is 2. The maximum Gasteiger partial charge on any atom is 0.306 e. The normalized spacial score (nSPS) is 14.6. The van der Waals surface area contributed by atoms with Gasteiger partial charge in [-0.25, -0.2) is 0 Å². The first-order valence-electron chi connectivity index (χ1n) is 8.78. The summed E-state index contributed by atoms with van der Waals surface area (Å²) in [5, 5.41) is 0. The van der Waals surface area contributed by atoms with Gasteiger partial charge < -0.3 is 14.2 Å². The van der Waals surface area contributed by atoms with Gasteiger partial charge in [0.25, 0.3) is 11.8 Å². The van der Waals surface area contributed by atoms with Gasteiger partial charge in [0.15, 0.2) is 18.1 Å². The number of benzene rings is 2. The number of hydrazine groups is 1. The van der Waals surface area contributed by atoms with Crippen LogP contribution in [0.1, 0.15) is 12.0 Å². The van der Waals surface area contributed by atoms with Gasteiger partial charge in [-0.2, -0.15) is 0 Å². The fraction of sp³-hybridized carbons (Fsp3) is 0.250. The van der Waals surface area contributed by atoms with Crippen molar-refractivity contribution in [3.05, 3.63) is 60.2 Å². The summed E-state index contributed by atoms with van der Waals surface area (Å²) in [5.41, 5.74) is 5.42. The van der Waals surface area contributed by atoms with Crippen LogP contribution in [0.25, 0.3) is 0 Å². The molecule has 0 saturated heterocycles. The highest BCUT2D eigenvalue weighted by atomic mass is 16.6. The third-order valence-corrected chi connectivity index (χ3v) is 3.95. The summed E-state index contributed by atoms with van der Waals surface area (Å²) in [6, 6.07) is 16.5. The number of para-hydroxylation sites is 2. The van der Waals surface area contributed by atoms with E-state index in [2.05, 4.69) is 10.9 Å². The Morgan fingerprint density at radius 1 is 0.964 bits per heavy atom. The second kappa shape index (κ2) is 9.40. The number of ether oxygens (including phenoxy) is 3. The lowest BCUT2D eigenvalue weighted by molar-refractivity contribution is -0.149. The van der Waals surface area contributed by atoms with Gasteiger partial charge in [-0.15, -0.1) is 0 Å². The summed E-state index contributed by atoms with van der Waals surface area (Å²) < 4.78 is 15.9. The number of fused-ring (bicyclic) bond motifs is 1. The highest BCUT2D eigenvalue weighted by molar-refractivity contribution is 5.86. The molecule has 0 unspecified atom stereocenters. The second-order valence-corrected chi connectivity index (χ2v) is 6.05. The number of esters is 1. The first kappa shape index (κ1) is 19.2. The molecule has 2 aromatic rings. The highest BCUT2D eigenvalue weighted by Crippen LogP contribution is 2.30. The molecule has 1 aliphatic rings. The number of hydrogen-bond donors (Lipinski definition) is 2. The van der Waals surface area contributed by atoms with Gasteiger partial charge in [0.1, 0.15) is 6.61 Å². The molecule has 0 saturated carbocycles. The number of rotatable bonds is 6. The van der Waals surface area contributed by atoms with E-state index >= 15 is 0 Å². The third kappa shape index (κ3) is 5.47. The molecule has 8 heteroatoms. The monoisotopic (exact) mass is 384 g/mol. The molecule has 0 bridgehead atoms. The Labute approximate surface area is 161 Å². The fourth-order valence-corrected chi connectivity index (χ4v) is 2.51. The topological polar surface area (TPSA) is 103 Å². The third-order valence-electron chi connectivity index (χ3n) is 3.95. The summed E-state index contributed by atoms with van der Waals surface area (Å²) >= 11 is 0. The lowest BCUT2D eigenvalue weighted by Crippen LogP contribution is -2.51. The van der Waals surface area contributed by atoms with Crippen LogP contribution in [0.15, 0.2) is 54.6 Å². The van der Waals surface area contributed by atoms with Crippen LogP contribution >= 0.6 is 0 Å². The fourth-order valence-electron chi connectivity index (χ4n) is 2.51. The van der Waals surface area contributed by atoms with E-state index in [1.54, 1.807) is 24.3 Å². The van der Waals surface area contributed by atoms with Crippen LogP contribution in [0.2, 0.25) is 0 Å². The minimum Gasteiger partial charge on any atom is -0.485 e. The van der Waals surface area contributed by atoms with E-state index in [9.17, 15) is 14.4 Å². The molecule has 8 nitrogen and oxygen atoms in total. The summed E-state index contributed by atoms with van der Waals surface area (Å²) in [6.07, 6.45) is -0.210. The Hall–Kier alpha value is -3.55. The van der Waals surface area contributed by atoms with Crippen molar-refractivity contribution in [3.8, 4) is 11.5 Å². The smallest absolute Gasteiger partial charge is 0.306 e. The number of aryl methyl sites for hydroxylation is 1. The minimum atomic E-state index is -0.899. The second-order valence-electron chi connectivity index (χ2n) is 6.05. The standard InChI is InChI=1S/C20H20N2O6/c23-18(13-27-19(24)11-10-14-6-2-1-3-7-14)21-22-20(25)17-12-26-15-8-4-5-9-16(15)28-17/h1-9,17H,10-13H2,(H,21,23)(H,22,25)/t17-/m0/s1. The Balaban J connectivity index is 1.34. The van der Waals surface area contributed by atoms with Crippen molar-refractivity contribution >= 4 is 17.8 Å². The molecule has 3 rings (SSSR count). The number of hydrogen-bond acceptors (Lipinski definition) is 6. The molecule has 0 aromatic heterocycles. The maximum atomic E-state index is 12.1. The van der Waals surface area contributed by atoms with Crippen molar-refractivity contribution < 1.29 is 28.6 Å². The summed E-state index contributed by atoms with van der Waals surface area (Å²) in [7, 11) is 0. The molecule has 1 atom stereocenters. The molecule has 0 aliphatic carbocycles. The molecule has 0 spiro atoms. The van der Waals surface area contributed by atoms with E-state index < -0.39 is 30.5 Å². The van der Waals surface area contributed by atoms with Crippen molar-refractivity contribution in [1.29, 1.82) is 0 Å². The van der Waals surface area contributed by atoms with Crippen molar-refractivity contribution in [2.75, 3.05) is 13.2 Å². The lowest BCUT2D eigenvalue weighted by Gasteiger charge is -2.25. The van der Waals surface area contributed by atoms with E-state index in [0.29, 0.717) is 17.9 Å². The minimum absolute atomic E-state index is 0.0210. The van der Waals surface area contributed by atoms with E-state index in [0.717, 1.165) is 5.56 Å². The molecule has 2 aromatic carbocycles. The first-order chi connectivity index (χ1) is 13.6. The molecule has 146 valence electrons. The van der Waals surface area contributed by atoms with Gasteiger partial charge in [-0.1, -0.05) is 42.5 Å². The van der Waals surface area contributed by atoms with Crippen molar-refractivity contribution in [2.45, 2.75) is 18.9 Å². The average Bonchev–Trinajstić information content (AvgIpc) is 2.75. The molecule has 1 aliphatic heterocycles. The maximum absolute atomic E-state index is 12.1. The molecule has 2 amide bonds. The Kier molecular flexibility index (Phi) is 6.46. The number of carbonyl (C=O) groups is 3. The van der Waals surface area contributed by atoms with Crippen LogP contribution < -0.4 is 20.3 Å². The molecular weight excluding hydrogens is 364 g/mol. The molecular formula is C20H20N2O6. The van der Waals surface area contributed by atoms with Gasteiger partial charge in [0, 0.05) is 6.42 Å². The van der Waals surface area contributed by atoms with Crippen LogP contribution in [-0.2, 0) is 25.5 Å². The van der Waals surface area contributed by atoms with Crippen LogP contribution in [0.5, 0.6) is 11.5 Å². The zero-order chi connectivity index (χ0) is 19.8. The van der Waals surface area contributed by atoms with Crippen LogP contribution in [-0.4, -0.2) is 37.1 Å². The van der Waals surface area contributed by atoms with E-state index in [4.69, 9.17) is 14.2 Å². The van der Waals surface area contributed by atoms with Crippen molar-refractivity contribution in [3.63, 3.8) is 0 Å². The van der Waals surface area contributed by atoms with E-state index in [1.807, 2.05) is 30.3 Å². The lowest BCUT2D eigenvalue weighted by atomic mass is 10.1. The van der Waals surface area contributed by atoms with Crippen LogP contribution in [0.3, 0.4) is 0 Å². The number of carbonyl (C=O) groups excluding carboxylic acids is 3. The quantitative estimate of drug-likeness (QED) is 0.572. The SMILES string of the molecule is O=C(COC(=O)CCc1ccccc1)NNC(=O)[C@@H]1COc2ccccc2O1. The van der Waals surface area contributed by atoms with Gasteiger partial charge >= 0.3 is 5.97 Å². The van der Waals surface area contributed by atoms with Gasteiger partial charge in [0.2, 0.25) is 6.10 Å². The zero-order valence-corrected chi connectivity index (χ0v) is 15.1. The average molecular weight is 384 g/mol. The van der Waals surface area contributed by atoms with Gasteiger partial charge in [0.05, 0.1) is 0 Å². The molecule has 1 heterocycles. The Bertz CT molecular complexity index is 840. The summed E-state index contributed by atoms with van der Waals surface area (Å²) in [6.45, 7) is -0.466. The first-order valence-corrected chi connectivity index (χ1v) is 8.78. The van der Waals surface area contributed by atoms with Crippen LogP contribution in [0, 0.1) is 0 Å². The number of amides is 2. The zero-order valence-electron chi connectivity index (χ0n) is 15.1. The van der Waals surface area contributed by atoms with Crippen LogP contribution in [0.4, 0.5) is 0 Å². The van der Waals surface area contributed by atoms with Gasteiger partial charge in [-0.3, -0.25) is 25.2 Å². The van der Waals surface area contributed by atoms with Crippen molar-refractivity contribution in [1.82, 2.24) is 10.9 Å². The molecule has 0 radical (unpaired) electrons. The summed E-state index contributed by atoms with van der Waals surface area (Å²) in [4.78, 5) is 35.5. The Morgan fingerprint density at radius 3 is 2.46 bits per heavy atom. The van der Waals surface area contributed by atoms with E-state index in [-0.39, 0.29) is 13.0 Å². The molecule has 0 fully saturated rings. The molecule has 28 heavy (non-hydrogen) atoms. The highest BCUT2D eigenvalue weighted by Gasteiger charge is 2.27. The summed E-state index contributed by atoms with van der Waals surface area (Å²) in [5.74, 6) is -0.715. The largest absolute Gasteiger partial charge is 0.485 e. The predicted molar refractivity (Wildman–Crippen MR) is 98.4 cm³/mol. The van der Waals surface area contributed by atoms with Crippen molar-refractivity contribution in [2.24, 2.45) is 0 Å². The predicted octanol–water partition coefficient (Wildman–Crippen LogP) is 1.15. The van der Waals surface area contributed by atoms with Gasteiger partial charge in [-0.05, 0) is 24.1 Å². The Morgan fingerprint density at radius 2 is 1.68 bits per heavy atom. The molecule has 2 N–H and O–H groups in total. The van der Waals surface area contributed by atoms with E-state index in [1.165, 1.54) is 0 Å².